The van der Waals surface area contributed by atoms with Gasteiger partial charge in [-0.1, -0.05) is 6.92 Å². The maximum atomic E-state index is 12.8. The van der Waals surface area contributed by atoms with Crippen molar-refractivity contribution in [3.05, 3.63) is 28.8 Å². The molecular weight excluding hydrogens is 338 g/mol. The second-order valence-corrected chi connectivity index (χ2v) is 9.57. The van der Waals surface area contributed by atoms with Crippen molar-refractivity contribution in [2.45, 2.75) is 37.5 Å². The second kappa shape index (κ2) is 6.37. The third kappa shape index (κ3) is 3.73. The van der Waals surface area contributed by atoms with E-state index in [0.717, 1.165) is 36.9 Å². The summed E-state index contributed by atoms with van der Waals surface area (Å²) in [6, 6.07) is 3.33. The molecule has 3 rings (SSSR count). The van der Waals surface area contributed by atoms with E-state index < -0.39 is 10.0 Å². The predicted molar refractivity (Wildman–Crippen MR) is 97.0 cm³/mol. The van der Waals surface area contributed by atoms with Gasteiger partial charge in [-0.05, 0) is 69.6 Å². The number of rotatable bonds is 5. The average molecular weight is 365 g/mol. The molecule has 0 spiro atoms. The Balaban J connectivity index is 1.78. The second-order valence-electron chi connectivity index (χ2n) is 8.04. The van der Waals surface area contributed by atoms with E-state index in [1.54, 1.807) is 4.90 Å². The van der Waals surface area contributed by atoms with Crippen LogP contribution in [0.5, 0.6) is 0 Å². The number of aryl methyl sites for hydroxylation is 1. The number of sulfonamides is 1. The van der Waals surface area contributed by atoms with Crippen molar-refractivity contribution >= 4 is 15.9 Å². The van der Waals surface area contributed by atoms with Crippen LogP contribution >= 0.6 is 0 Å². The lowest BCUT2D eigenvalue weighted by Gasteiger charge is -2.48. The first-order chi connectivity index (χ1) is 11.6. The van der Waals surface area contributed by atoms with Gasteiger partial charge in [-0.3, -0.25) is 4.79 Å². The van der Waals surface area contributed by atoms with Gasteiger partial charge in [-0.25, -0.2) is 13.6 Å². The Labute approximate surface area is 150 Å². The van der Waals surface area contributed by atoms with Gasteiger partial charge in [0.05, 0.1) is 4.90 Å². The molecule has 1 heterocycles. The lowest BCUT2D eigenvalue weighted by atomic mass is 9.78. The fraction of sp³-hybridized carbons (Fsp3) is 0.611. The quantitative estimate of drug-likeness (QED) is 0.851. The van der Waals surface area contributed by atoms with Crippen LogP contribution in [0.1, 0.15) is 41.3 Å². The monoisotopic (exact) mass is 365 g/mol. The van der Waals surface area contributed by atoms with E-state index in [1.165, 1.54) is 6.07 Å². The lowest BCUT2D eigenvalue weighted by molar-refractivity contribution is 0.00807. The van der Waals surface area contributed by atoms with E-state index in [1.807, 2.05) is 20.2 Å². The summed E-state index contributed by atoms with van der Waals surface area (Å²) in [5, 5.41) is 5.38. The van der Waals surface area contributed by atoms with E-state index in [0.29, 0.717) is 25.1 Å². The minimum Gasteiger partial charge on any atom is -0.337 e. The summed E-state index contributed by atoms with van der Waals surface area (Å²) >= 11 is 0. The largest absolute Gasteiger partial charge is 0.337 e. The Bertz CT molecular complexity index is 796. The number of carbonyl (C=O) groups is 1. The Hall–Kier alpha value is -1.44. The van der Waals surface area contributed by atoms with Crippen LogP contribution in [0.3, 0.4) is 0 Å². The molecule has 0 radical (unpaired) electrons. The van der Waals surface area contributed by atoms with Gasteiger partial charge in [0.1, 0.15) is 0 Å². The van der Waals surface area contributed by atoms with Crippen LogP contribution in [0, 0.1) is 5.41 Å². The maximum absolute atomic E-state index is 12.8. The van der Waals surface area contributed by atoms with Crippen molar-refractivity contribution in [2.24, 2.45) is 10.6 Å². The molecule has 0 bridgehead atoms. The Morgan fingerprint density at radius 3 is 2.56 bits per heavy atom. The molecule has 1 fully saturated rings. The molecule has 1 aliphatic carbocycles. The molecule has 1 saturated heterocycles. The van der Waals surface area contributed by atoms with Crippen molar-refractivity contribution < 1.29 is 13.2 Å². The molecule has 0 saturated carbocycles. The first-order valence-corrected chi connectivity index (χ1v) is 10.3. The van der Waals surface area contributed by atoms with Crippen molar-refractivity contribution in [1.82, 2.24) is 9.80 Å². The van der Waals surface area contributed by atoms with Crippen molar-refractivity contribution in [1.29, 1.82) is 0 Å². The Morgan fingerprint density at radius 1 is 1.28 bits per heavy atom. The molecule has 1 amide bonds. The summed E-state index contributed by atoms with van der Waals surface area (Å²) in [5.41, 5.74) is 2.32. The fourth-order valence-corrected chi connectivity index (χ4v) is 4.76. The molecule has 0 aromatic heterocycles. The van der Waals surface area contributed by atoms with Gasteiger partial charge in [0.15, 0.2) is 0 Å². The maximum Gasteiger partial charge on any atom is 0.253 e. The van der Waals surface area contributed by atoms with Gasteiger partial charge < -0.3 is 9.80 Å². The number of hydrogen-bond donors (Lipinski definition) is 1. The number of hydrogen-bond acceptors (Lipinski definition) is 4. The number of nitrogens with two attached hydrogens (primary N) is 1. The van der Waals surface area contributed by atoms with Crippen molar-refractivity contribution in [3.63, 3.8) is 0 Å². The summed E-state index contributed by atoms with van der Waals surface area (Å²) in [7, 11) is 0.276. The van der Waals surface area contributed by atoms with Crippen LogP contribution in [0.2, 0.25) is 0 Å². The number of primary sulfonamides is 1. The zero-order valence-corrected chi connectivity index (χ0v) is 16.0. The number of benzene rings is 1. The van der Waals surface area contributed by atoms with E-state index in [2.05, 4.69) is 11.8 Å². The van der Waals surface area contributed by atoms with Gasteiger partial charge in [0.25, 0.3) is 5.91 Å². The molecule has 0 atom stereocenters. The molecule has 2 aliphatic rings. The highest BCUT2D eigenvalue weighted by Gasteiger charge is 2.41. The number of amides is 1. The van der Waals surface area contributed by atoms with Gasteiger partial charge >= 0.3 is 0 Å². The molecule has 1 aromatic carbocycles. The molecule has 2 N–H and O–H groups in total. The van der Waals surface area contributed by atoms with E-state index in [-0.39, 0.29) is 16.2 Å². The molecule has 7 heteroatoms. The van der Waals surface area contributed by atoms with E-state index >= 15 is 0 Å². The van der Waals surface area contributed by atoms with Crippen molar-refractivity contribution in [2.75, 3.05) is 33.7 Å². The van der Waals surface area contributed by atoms with Crippen LogP contribution in [-0.2, 0) is 22.9 Å². The number of fused-ring (bicyclic) bond motifs is 1. The minimum absolute atomic E-state index is 0.0954. The third-order valence-corrected chi connectivity index (χ3v) is 6.30. The van der Waals surface area contributed by atoms with Crippen LogP contribution in [0.15, 0.2) is 17.0 Å². The lowest BCUT2D eigenvalue weighted by Crippen LogP contribution is -2.57. The molecular formula is C18H27N3O3S. The zero-order chi connectivity index (χ0) is 18.4. The summed E-state index contributed by atoms with van der Waals surface area (Å²) in [6.45, 7) is 4.61. The van der Waals surface area contributed by atoms with Crippen LogP contribution in [-0.4, -0.2) is 57.9 Å². The summed E-state index contributed by atoms with van der Waals surface area (Å²) in [4.78, 5) is 16.9. The fourth-order valence-electron chi connectivity index (χ4n) is 3.90. The highest BCUT2D eigenvalue weighted by atomic mass is 32.2. The Morgan fingerprint density at radius 2 is 1.96 bits per heavy atom. The van der Waals surface area contributed by atoms with Crippen LogP contribution in [0.25, 0.3) is 0 Å². The standard InChI is InChI=1S/C18H27N3O3S/c1-18(7-8-20(2)3)11-21(12-18)17(22)14-9-13-5-4-6-15(13)16(10-14)25(19,23)24/h9-10H,4-8,11-12H2,1-3H3,(H2,19,23,24). The SMILES string of the molecule is CN(C)CCC1(C)CN(C(=O)c2cc3c(c(S(N)(=O)=O)c2)CCC3)C1. The van der Waals surface area contributed by atoms with Gasteiger partial charge in [-0.15, -0.1) is 0 Å². The van der Waals surface area contributed by atoms with Crippen LogP contribution < -0.4 is 5.14 Å². The number of likely N-dealkylation sites (tertiary alicyclic amines) is 1. The van der Waals surface area contributed by atoms with Gasteiger partial charge in [0.2, 0.25) is 10.0 Å². The normalized spacial score (nSPS) is 19.0. The summed E-state index contributed by atoms with van der Waals surface area (Å²) in [5.74, 6) is -0.0954. The molecule has 0 unspecified atom stereocenters. The predicted octanol–water partition coefficient (Wildman–Crippen LogP) is 1.24. The van der Waals surface area contributed by atoms with Gasteiger partial charge in [-0.2, -0.15) is 0 Å². The van der Waals surface area contributed by atoms with Crippen molar-refractivity contribution in [3.8, 4) is 0 Å². The first kappa shape index (κ1) is 18.4. The smallest absolute Gasteiger partial charge is 0.253 e. The average Bonchev–Trinajstić information content (AvgIpc) is 2.95. The summed E-state index contributed by atoms with van der Waals surface area (Å²) < 4.78 is 23.8. The topological polar surface area (TPSA) is 83.7 Å². The highest BCUT2D eigenvalue weighted by molar-refractivity contribution is 7.89. The Kier molecular flexibility index (Phi) is 4.68. The third-order valence-electron chi connectivity index (χ3n) is 5.32. The molecule has 138 valence electrons. The van der Waals surface area contributed by atoms with E-state index in [9.17, 15) is 13.2 Å². The number of carbonyl (C=O) groups excluding carboxylic acids is 1. The van der Waals surface area contributed by atoms with E-state index in [4.69, 9.17) is 5.14 Å². The zero-order valence-electron chi connectivity index (χ0n) is 15.2. The van der Waals surface area contributed by atoms with Crippen LogP contribution in [0.4, 0.5) is 0 Å². The molecule has 25 heavy (non-hydrogen) atoms. The number of nitrogens with zero attached hydrogens (tertiary/aromatic N) is 2. The highest BCUT2D eigenvalue weighted by Crippen LogP contribution is 2.36. The van der Waals surface area contributed by atoms with Gasteiger partial charge in [0, 0.05) is 24.1 Å². The molecule has 6 nitrogen and oxygen atoms in total. The molecule has 1 aliphatic heterocycles. The molecule has 1 aromatic rings. The minimum atomic E-state index is -3.82. The first-order valence-electron chi connectivity index (χ1n) is 8.72. The summed E-state index contributed by atoms with van der Waals surface area (Å²) in [6.07, 6.45) is 3.46.